The van der Waals surface area contributed by atoms with Crippen LogP contribution in [-0.2, 0) is 0 Å². The summed E-state index contributed by atoms with van der Waals surface area (Å²) in [5.74, 6) is 0.278. The molecule has 1 aliphatic rings. The Morgan fingerprint density at radius 1 is 1.41 bits per heavy atom. The highest BCUT2D eigenvalue weighted by Crippen LogP contribution is 2.22. The van der Waals surface area contributed by atoms with Gasteiger partial charge >= 0.3 is 0 Å². The number of phenolic OH excluding ortho intramolecular Hbond substituents is 1. The minimum absolute atomic E-state index is 0.0712. The van der Waals surface area contributed by atoms with Gasteiger partial charge in [-0.3, -0.25) is 4.79 Å². The third-order valence-corrected chi connectivity index (χ3v) is 4.07. The second-order valence-electron chi connectivity index (χ2n) is 4.47. The molecule has 17 heavy (non-hydrogen) atoms. The number of hydrogen-bond donors (Lipinski definition) is 1. The van der Waals surface area contributed by atoms with E-state index in [1.54, 1.807) is 18.2 Å². The normalized spacial score (nSPS) is 17.2. The number of nitrogens with zero attached hydrogens (tertiary/aromatic N) is 1. The van der Waals surface area contributed by atoms with Crippen LogP contribution in [0, 0.1) is 6.92 Å². The van der Waals surface area contributed by atoms with E-state index in [2.05, 4.69) is 15.9 Å². The van der Waals surface area contributed by atoms with E-state index in [4.69, 9.17) is 0 Å². The second kappa shape index (κ2) is 5.08. The largest absolute Gasteiger partial charge is 0.508 e. The summed E-state index contributed by atoms with van der Waals surface area (Å²) in [6, 6.07) is 4.90. The van der Waals surface area contributed by atoms with Crippen LogP contribution in [0.25, 0.3) is 0 Å². The summed E-state index contributed by atoms with van der Waals surface area (Å²) in [6.07, 6.45) is 2.01. The fraction of sp³-hybridized carbons (Fsp3) is 0.462. The number of carbonyl (C=O) groups is 1. The molecule has 0 unspecified atom stereocenters. The maximum absolute atomic E-state index is 12.3. The molecule has 2 rings (SSSR count). The van der Waals surface area contributed by atoms with E-state index in [-0.39, 0.29) is 11.7 Å². The highest BCUT2D eigenvalue weighted by atomic mass is 79.9. The van der Waals surface area contributed by atoms with Crippen LogP contribution in [0.3, 0.4) is 0 Å². The molecule has 0 spiro atoms. The summed E-state index contributed by atoms with van der Waals surface area (Å²) in [5, 5.41) is 9.33. The van der Waals surface area contributed by atoms with Gasteiger partial charge in [0.15, 0.2) is 0 Å². The number of phenols is 1. The van der Waals surface area contributed by atoms with Crippen LogP contribution in [0.1, 0.15) is 28.8 Å². The third-order valence-electron chi connectivity index (χ3n) is 3.15. The molecule has 1 fully saturated rings. The third kappa shape index (κ3) is 2.80. The summed E-state index contributed by atoms with van der Waals surface area (Å²) in [5.41, 5.74) is 1.52. The number of amides is 1. The Balaban J connectivity index is 2.14. The van der Waals surface area contributed by atoms with Crippen molar-refractivity contribution in [2.24, 2.45) is 0 Å². The van der Waals surface area contributed by atoms with E-state index < -0.39 is 0 Å². The first-order valence-corrected chi connectivity index (χ1v) is 6.72. The summed E-state index contributed by atoms with van der Waals surface area (Å²) in [4.78, 5) is 14.7. The molecule has 0 atom stereocenters. The molecule has 1 saturated heterocycles. The van der Waals surface area contributed by atoms with E-state index >= 15 is 0 Å². The Morgan fingerprint density at radius 3 is 2.65 bits per heavy atom. The number of piperidine rings is 1. The van der Waals surface area contributed by atoms with E-state index in [0.717, 1.165) is 31.5 Å². The van der Waals surface area contributed by atoms with Crippen molar-refractivity contribution >= 4 is 21.8 Å². The molecule has 1 amide bonds. The van der Waals surface area contributed by atoms with E-state index in [1.807, 2.05) is 11.8 Å². The van der Waals surface area contributed by atoms with Crippen LogP contribution in [0.2, 0.25) is 0 Å². The number of likely N-dealkylation sites (tertiary alicyclic amines) is 1. The number of alkyl halides is 1. The molecule has 1 N–H and O–H groups in total. The predicted octanol–water partition coefficient (Wildman–Crippen LogP) is 2.70. The van der Waals surface area contributed by atoms with Crippen molar-refractivity contribution in [3.05, 3.63) is 29.3 Å². The van der Waals surface area contributed by atoms with Crippen molar-refractivity contribution in [1.29, 1.82) is 0 Å². The average molecular weight is 298 g/mol. The molecule has 1 aromatic rings. The molecule has 0 bridgehead atoms. The Morgan fingerprint density at radius 2 is 2.06 bits per heavy atom. The van der Waals surface area contributed by atoms with Gasteiger partial charge in [0, 0.05) is 23.5 Å². The first-order valence-electron chi connectivity index (χ1n) is 5.81. The number of hydrogen-bond acceptors (Lipinski definition) is 2. The minimum Gasteiger partial charge on any atom is -0.508 e. The molecular formula is C13H16BrNO2. The maximum atomic E-state index is 12.3. The van der Waals surface area contributed by atoms with Gasteiger partial charge in [-0.15, -0.1) is 0 Å². The van der Waals surface area contributed by atoms with Crippen molar-refractivity contribution in [2.75, 3.05) is 13.1 Å². The fourth-order valence-electron chi connectivity index (χ4n) is 2.11. The number of aryl methyl sites for hydroxylation is 1. The number of aromatic hydroxyl groups is 1. The molecule has 1 aromatic carbocycles. The topological polar surface area (TPSA) is 40.5 Å². The van der Waals surface area contributed by atoms with Crippen LogP contribution in [0.15, 0.2) is 18.2 Å². The van der Waals surface area contributed by atoms with Gasteiger partial charge in [0.2, 0.25) is 0 Å². The zero-order chi connectivity index (χ0) is 12.4. The monoisotopic (exact) mass is 297 g/mol. The maximum Gasteiger partial charge on any atom is 0.254 e. The molecule has 1 aliphatic heterocycles. The van der Waals surface area contributed by atoms with E-state index in [1.165, 1.54) is 0 Å². The van der Waals surface area contributed by atoms with Crippen LogP contribution < -0.4 is 0 Å². The van der Waals surface area contributed by atoms with Gasteiger partial charge in [0.25, 0.3) is 5.91 Å². The fourth-order valence-corrected chi connectivity index (χ4v) is 2.52. The molecule has 0 aromatic heterocycles. The first-order chi connectivity index (χ1) is 8.08. The van der Waals surface area contributed by atoms with Crippen molar-refractivity contribution in [3.8, 4) is 5.75 Å². The smallest absolute Gasteiger partial charge is 0.254 e. The van der Waals surface area contributed by atoms with Crippen LogP contribution >= 0.6 is 15.9 Å². The number of carbonyl (C=O) groups excluding carboxylic acids is 1. The van der Waals surface area contributed by atoms with Crippen molar-refractivity contribution < 1.29 is 9.90 Å². The van der Waals surface area contributed by atoms with Gasteiger partial charge in [-0.2, -0.15) is 0 Å². The summed E-state index contributed by atoms with van der Waals surface area (Å²) < 4.78 is 0. The van der Waals surface area contributed by atoms with Gasteiger partial charge in [-0.05, 0) is 43.5 Å². The Kier molecular flexibility index (Phi) is 3.72. The Labute approximate surface area is 110 Å². The summed E-state index contributed by atoms with van der Waals surface area (Å²) >= 11 is 3.57. The lowest BCUT2D eigenvalue weighted by Crippen LogP contribution is -2.38. The van der Waals surface area contributed by atoms with E-state index in [0.29, 0.717) is 10.4 Å². The second-order valence-corrected chi connectivity index (χ2v) is 5.76. The lowest BCUT2D eigenvalue weighted by atomic mass is 10.0. The Bertz CT molecular complexity index is 425. The molecular weight excluding hydrogens is 282 g/mol. The standard InChI is InChI=1S/C13H16BrNO2/c1-9-8-11(16)2-3-12(9)13(17)15-6-4-10(14)5-7-15/h2-3,8,10,16H,4-7H2,1H3. The molecule has 92 valence electrons. The van der Waals surface area contributed by atoms with Crippen molar-refractivity contribution in [1.82, 2.24) is 4.90 Å². The predicted molar refractivity (Wildman–Crippen MR) is 70.7 cm³/mol. The number of rotatable bonds is 1. The van der Waals surface area contributed by atoms with E-state index in [9.17, 15) is 9.90 Å². The zero-order valence-electron chi connectivity index (χ0n) is 9.82. The van der Waals surface area contributed by atoms with Crippen molar-refractivity contribution in [2.45, 2.75) is 24.6 Å². The first kappa shape index (κ1) is 12.4. The van der Waals surface area contributed by atoms with Crippen LogP contribution in [0.5, 0.6) is 5.75 Å². The highest BCUT2D eigenvalue weighted by Gasteiger charge is 2.23. The molecule has 3 nitrogen and oxygen atoms in total. The summed E-state index contributed by atoms with van der Waals surface area (Å²) in [7, 11) is 0. The molecule has 0 aliphatic carbocycles. The minimum atomic E-state index is 0.0712. The number of benzene rings is 1. The van der Waals surface area contributed by atoms with Gasteiger partial charge in [0.05, 0.1) is 0 Å². The van der Waals surface area contributed by atoms with Crippen molar-refractivity contribution in [3.63, 3.8) is 0 Å². The highest BCUT2D eigenvalue weighted by molar-refractivity contribution is 9.09. The van der Waals surface area contributed by atoms with Crippen LogP contribution in [-0.4, -0.2) is 33.8 Å². The zero-order valence-corrected chi connectivity index (χ0v) is 11.4. The van der Waals surface area contributed by atoms with Crippen LogP contribution in [0.4, 0.5) is 0 Å². The van der Waals surface area contributed by atoms with Gasteiger partial charge < -0.3 is 10.0 Å². The average Bonchev–Trinajstić information content (AvgIpc) is 2.29. The van der Waals surface area contributed by atoms with Gasteiger partial charge in [0.1, 0.15) is 5.75 Å². The molecule has 0 radical (unpaired) electrons. The molecule has 4 heteroatoms. The quantitative estimate of drug-likeness (QED) is 0.810. The SMILES string of the molecule is Cc1cc(O)ccc1C(=O)N1CCC(Br)CC1. The lowest BCUT2D eigenvalue weighted by molar-refractivity contribution is 0.0727. The van der Waals surface area contributed by atoms with Gasteiger partial charge in [-0.1, -0.05) is 15.9 Å². The lowest BCUT2D eigenvalue weighted by Gasteiger charge is -2.30. The molecule has 1 heterocycles. The Hall–Kier alpha value is -1.03. The molecule has 0 saturated carbocycles. The van der Waals surface area contributed by atoms with Gasteiger partial charge in [-0.25, -0.2) is 0 Å². The summed E-state index contributed by atoms with van der Waals surface area (Å²) in [6.45, 7) is 3.45. The number of halogens is 1.